The third-order valence-corrected chi connectivity index (χ3v) is 6.12. The number of nitrogens with one attached hydrogen (secondary N) is 1. The third-order valence-electron chi connectivity index (χ3n) is 5.07. The van der Waals surface area contributed by atoms with Crippen molar-refractivity contribution < 1.29 is 9.59 Å². The van der Waals surface area contributed by atoms with Gasteiger partial charge in [0.05, 0.1) is 11.4 Å². The van der Waals surface area contributed by atoms with Gasteiger partial charge in [-0.3, -0.25) is 9.59 Å². The summed E-state index contributed by atoms with van der Waals surface area (Å²) >= 11 is 1.54. The number of rotatable bonds is 7. The van der Waals surface area contributed by atoms with Crippen molar-refractivity contribution in [2.75, 3.05) is 43.4 Å². The van der Waals surface area contributed by atoms with E-state index in [-0.39, 0.29) is 18.4 Å². The zero-order chi connectivity index (χ0) is 18.4. The van der Waals surface area contributed by atoms with E-state index < -0.39 is 0 Å². The Morgan fingerprint density at radius 3 is 3.00 bits per heavy atom. The van der Waals surface area contributed by atoms with Gasteiger partial charge < -0.3 is 15.1 Å². The van der Waals surface area contributed by atoms with Gasteiger partial charge in [0.1, 0.15) is 6.54 Å². The van der Waals surface area contributed by atoms with Crippen LogP contribution in [0.4, 0.5) is 5.69 Å². The first-order chi connectivity index (χ1) is 12.6. The Morgan fingerprint density at radius 1 is 1.31 bits per heavy atom. The van der Waals surface area contributed by atoms with E-state index in [1.807, 2.05) is 24.3 Å². The van der Waals surface area contributed by atoms with E-state index in [0.29, 0.717) is 12.3 Å². The van der Waals surface area contributed by atoms with Crippen molar-refractivity contribution in [3.8, 4) is 0 Å². The second-order valence-electron chi connectivity index (χ2n) is 7.34. The van der Waals surface area contributed by atoms with Crippen molar-refractivity contribution in [1.29, 1.82) is 0 Å². The van der Waals surface area contributed by atoms with Crippen molar-refractivity contribution in [1.82, 2.24) is 10.2 Å². The lowest BCUT2D eigenvalue weighted by atomic mass is 10.0. The fourth-order valence-electron chi connectivity index (χ4n) is 3.70. The second-order valence-corrected chi connectivity index (χ2v) is 8.36. The van der Waals surface area contributed by atoms with Gasteiger partial charge >= 0.3 is 0 Å². The molecule has 1 aromatic rings. The Hall–Kier alpha value is -1.53. The quantitative estimate of drug-likeness (QED) is 0.745. The zero-order valence-corrected chi connectivity index (χ0v) is 16.4. The molecular formula is C20H29N3O2S. The van der Waals surface area contributed by atoms with Crippen molar-refractivity contribution >= 4 is 29.3 Å². The molecular weight excluding hydrogens is 346 g/mol. The summed E-state index contributed by atoms with van der Waals surface area (Å²) in [6.07, 6.45) is 4.75. The standard InChI is InChI=1S/C20H29N3O2S/c1-16-7-6-12-22(13-16)11-5-4-10-21-19(24)14-23-17-8-2-3-9-18(17)26-15-20(23)25/h2-3,8-9,16H,4-7,10-15H2,1H3,(H,21,24). The summed E-state index contributed by atoms with van der Waals surface area (Å²) in [7, 11) is 0. The predicted octanol–water partition coefficient (Wildman–Crippen LogP) is 2.75. The van der Waals surface area contributed by atoms with Gasteiger partial charge in [0.2, 0.25) is 11.8 Å². The molecule has 0 aliphatic carbocycles. The molecule has 1 aromatic carbocycles. The van der Waals surface area contributed by atoms with E-state index in [4.69, 9.17) is 0 Å². The Bertz CT molecular complexity index is 637. The predicted molar refractivity (Wildman–Crippen MR) is 107 cm³/mol. The average molecular weight is 376 g/mol. The molecule has 0 saturated carbocycles. The van der Waals surface area contributed by atoms with Gasteiger partial charge in [0.25, 0.3) is 0 Å². The molecule has 3 rings (SSSR count). The van der Waals surface area contributed by atoms with E-state index in [0.717, 1.165) is 35.9 Å². The van der Waals surface area contributed by atoms with Gasteiger partial charge in [-0.1, -0.05) is 19.1 Å². The van der Waals surface area contributed by atoms with Gasteiger partial charge in [-0.2, -0.15) is 0 Å². The summed E-state index contributed by atoms with van der Waals surface area (Å²) in [6, 6.07) is 7.78. The van der Waals surface area contributed by atoms with Crippen molar-refractivity contribution in [2.24, 2.45) is 5.92 Å². The number of anilines is 1. The number of amides is 2. The van der Waals surface area contributed by atoms with Crippen LogP contribution in [0.5, 0.6) is 0 Å². The van der Waals surface area contributed by atoms with Crippen LogP contribution in [0.3, 0.4) is 0 Å². The highest BCUT2D eigenvalue weighted by molar-refractivity contribution is 8.00. The normalized spacial score (nSPS) is 20.7. The minimum atomic E-state index is -0.0772. The summed E-state index contributed by atoms with van der Waals surface area (Å²) < 4.78 is 0. The third kappa shape index (κ3) is 5.24. The summed E-state index contributed by atoms with van der Waals surface area (Å²) in [5, 5.41) is 2.97. The van der Waals surface area contributed by atoms with Crippen molar-refractivity contribution in [2.45, 2.75) is 37.5 Å². The molecule has 2 aliphatic heterocycles. The lowest BCUT2D eigenvalue weighted by Crippen LogP contribution is -2.43. The Morgan fingerprint density at radius 2 is 2.15 bits per heavy atom. The molecule has 0 spiro atoms. The first kappa shape index (κ1) is 19.2. The number of carbonyl (C=O) groups is 2. The number of hydrogen-bond acceptors (Lipinski definition) is 4. The van der Waals surface area contributed by atoms with Crippen LogP contribution in [0.1, 0.15) is 32.6 Å². The molecule has 2 aliphatic rings. The maximum absolute atomic E-state index is 12.3. The minimum Gasteiger partial charge on any atom is -0.355 e. The number of fused-ring (bicyclic) bond motifs is 1. The Balaban J connectivity index is 1.37. The highest BCUT2D eigenvalue weighted by Crippen LogP contribution is 2.34. The van der Waals surface area contributed by atoms with Crippen LogP contribution < -0.4 is 10.2 Å². The SMILES string of the molecule is CC1CCCN(CCCCNC(=O)CN2C(=O)CSc3ccccc32)C1. The van der Waals surface area contributed by atoms with Crippen LogP contribution in [-0.4, -0.2) is 55.2 Å². The number of piperidine rings is 1. The largest absolute Gasteiger partial charge is 0.355 e. The van der Waals surface area contributed by atoms with Gasteiger partial charge in [-0.15, -0.1) is 11.8 Å². The molecule has 2 amide bonds. The molecule has 142 valence electrons. The van der Waals surface area contributed by atoms with Crippen LogP contribution in [0.2, 0.25) is 0 Å². The number of likely N-dealkylation sites (tertiary alicyclic amines) is 1. The molecule has 6 heteroatoms. The number of unbranched alkanes of at least 4 members (excludes halogenated alkanes) is 1. The van der Waals surface area contributed by atoms with Gasteiger partial charge in [0, 0.05) is 18.0 Å². The summed E-state index contributed by atoms with van der Waals surface area (Å²) in [5.41, 5.74) is 0.850. The molecule has 1 N–H and O–H groups in total. The van der Waals surface area contributed by atoms with Crippen LogP contribution in [-0.2, 0) is 9.59 Å². The zero-order valence-electron chi connectivity index (χ0n) is 15.6. The Labute approximate surface area is 160 Å². The minimum absolute atomic E-state index is 0.00284. The maximum Gasteiger partial charge on any atom is 0.240 e. The second kappa shape index (κ2) is 9.42. The first-order valence-electron chi connectivity index (χ1n) is 9.65. The van der Waals surface area contributed by atoms with Crippen molar-refractivity contribution in [3.05, 3.63) is 24.3 Å². The molecule has 2 heterocycles. The first-order valence-corrected chi connectivity index (χ1v) is 10.6. The molecule has 1 fully saturated rings. The van der Waals surface area contributed by atoms with Crippen LogP contribution in [0.15, 0.2) is 29.2 Å². The lowest BCUT2D eigenvalue weighted by Gasteiger charge is -2.30. The van der Waals surface area contributed by atoms with Gasteiger partial charge in [0.15, 0.2) is 0 Å². The summed E-state index contributed by atoms with van der Waals surface area (Å²) in [5.74, 6) is 1.14. The van der Waals surface area contributed by atoms with E-state index in [2.05, 4.69) is 17.1 Å². The van der Waals surface area contributed by atoms with Gasteiger partial charge in [-0.05, 0) is 56.8 Å². The number of hydrogen-bond donors (Lipinski definition) is 1. The van der Waals surface area contributed by atoms with Crippen LogP contribution >= 0.6 is 11.8 Å². The molecule has 1 unspecified atom stereocenters. The summed E-state index contributed by atoms with van der Waals surface area (Å²) in [4.78, 5) is 29.7. The number of carbonyl (C=O) groups excluding carboxylic acids is 2. The molecule has 5 nitrogen and oxygen atoms in total. The smallest absolute Gasteiger partial charge is 0.240 e. The average Bonchev–Trinajstić information content (AvgIpc) is 2.64. The van der Waals surface area contributed by atoms with E-state index in [1.54, 1.807) is 4.90 Å². The van der Waals surface area contributed by atoms with Gasteiger partial charge in [-0.25, -0.2) is 0 Å². The van der Waals surface area contributed by atoms with E-state index >= 15 is 0 Å². The monoisotopic (exact) mass is 375 g/mol. The molecule has 0 bridgehead atoms. The molecule has 0 radical (unpaired) electrons. The topological polar surface area (TPSA) is 52.7 Å². The molecule has 1 saturated heterocycles. The number of nitrogens with zero attached hydrogens (tertiary/aromatic N) is 2. The number of thioether (sulfide) groups is 1. The van der Waals surface area contributed by atoms with Crippen LogP contribution in [0, 0.1) is 5.92 Å². The lowest BCUT2D eigenvalue weighted by molar-refractivity contribution is -0.123. The van der Waals surface area contributed by atoms with E-state index in [9.17, 15) is 9.59 Å². The van der Waals surface area contributed by atoms with Crippen LogP contribution in [0.25, 0.3) is 0 Å². The fourth-order valence-corrected chi connectivity index (χ4v) is 4.64. The highest BCUT2D eigenvalue weighted by atomic mass is 32.2. The number of benzene rings is 1. The Kier molecular flexibility index (Phi) is 6.97. The van der Waals surface area contributed by atoms with E-state index in [1.165, 1.54) is 37.7 Å². The number of para-hydroxylation sites is 1. The highest BCUT2D eigenvalue weighted by Gasteiger charge is 2.26. The molecule has 26 heavy (non-hydrogen) atoms. The maximum atomic E-state index is 12.3. The molecule has 0 aromatic heterocycles. The summed E-state index contributed by atoms with van der Waals surface area (Å²) in [6.45, 7) is 6.66. The van der Waals surface area contributed by atoms with Crippen molar-refractivity contribution in [3.63, 3.8) is 0 Å². The fraction of sp³-hybridized carbons (Fsp3) is 0.600. The molecule has 1 atom stereocenters.